The zero-order valence-electron chi connectivity index (χ0n) is 7.57. The molecule has 0 unspecified atom stereocenters. The van der Waals surface area contributed by atoms with Gasteiger partial charge in [0.05, 0.1) is 0 Å². The zero-order valence-corrected chi connectivity index (χ0v) is 9.89. The van der Waals surface area contributed by atoms with Gasteiger partial charge in [0.1, 0.15) is 0 Å². The summed E-state index contributed by atoms with van der Waals surface area (Å²) in [6.45, 7) is 7.53. The van der Waals surface area contributed by atoms with Gasteiger partial charge in [-0.2, -0.15) is 6.92 Å². The third kappa shape index (κ3) is 35.8. The molecule has 0 bridgehead atoms. The molecule has 1 nitrogen and oxygen atoms in total. The van der Waals surface area contributed by atoms with Crippen LogP contribution in [-0.4, -0.2) is 11.7 Å². The van der Waals surface area contributed by atoms with E-state index in [1.807, 2.05) is 0 Å². The minimum atomic E-state index is 0.361. The summed E-state index contributed by atoms with van der Waals surface area (Å²) in [5, 5.41) is 8.29. The molecule has 0 aliphatic rings. The number of halogens is 1. The van der Waals surface area contributed by atoms with Crippen LogP contribution in [0.5, 0.6) is 0 Å². The van der Waals surface area contributed by atoms with E-state index >= 15 is 0 Å². The van der Waals surface area contributed by atoms with Gasteiger partial charge in [-0.1, -0.05) is 26.2 Å². The van der Waals surface area contributed by atoms with E-state index in [0.29, 0.717) is 6.61 Å². The van der Waals surface area contributed by atoms with Crippen LogP contribution in [0.3, 0.4) is 0 Å². The van der Waals surface area contributed by atoms with Crippen molar-refractivity contribution in [2.45, 2.75) is 39.5 Å². The molecule has 0 aliphatic heterocycles. The normalized spacial score (nSPS) is 6.91. The van der Waals surface area contributed by atoms with Crippen LogP contribution in [0.1, 0.15) is 39.5 Å². The van der Waals surface area contributed by atoms with Gasteiger partial charge in [-0.25, -0.2) is 0 Å². The molecule has 0 aliphatic carbocycles. The van der Waals surface area contributed by atoms with Crippen molar-refractivity contribution in [3.8, 4) is 0 Å². The summed E-state index contributed by atoms with van der Waals surface area (Å²) in [4.78, 5) is 0. The Hall–Kier alpha value is 0.964. The number of hydrogen-bond acceptors (Lipinski definition) is 1. The van der Waals surface area contributed by atoms with Crippen LogP contribution >= 0.6 is 9.30 Å². The van der Waals surface area contributed by atoms with Crippen molar-refractivity contribution in [1.29, 1.82) is 0 Å². The SMILES string of the molecule is CCCCCCO.[CH2-]C.[Cl][Ti+]. The second kappa shape index (κ2) is 30.6. The fraction of sp³-hybridized carbons (Fsp3) is 0.875. The minimum absolute atomic E-state index is 0.361. The number of rotatable bonds is 4. The second-order valence-corrected chi connectivity index (χ2v) is 1.78. The summed E-state index contributed by atoms with van der Waals surface area (Å²) in [6.07, 6.45) is 4.68. The average molecular weight is 215 g/mol. The Bertz CT molecular complexity index is 33.3. The van der Waals surface area contributed by atoms with E-state index in [1.165, 1.54) is 38.6 Å². The summed E-state index contributed by atoms with van der Waals surface area (Å²) >= 11 is 1.47. The fourth-order valence-electron chi connectivity index (χ4n) is 0.539. The van der Waals surface area contributed by atoms with E-state index < -0.39 is 0 Å². The van der Waals surface area contributed by atoms with Crippen LogP contribution in [0, 0.1) is 6.92 Å². The summed E-state index contributed by atoms with van der Waals surface area (Å²) in [5.41, 5.74) is 0. The third-order valence-electron chi connectivity index (χ3n) is 1.01. The van der Waals surface area contributed by atoms with Gasteiger partial charge < -0.3 is 12.0 Å². The Balaban J connectivity index is -0.000000138. The molecule has 0 aromatic rings. The number of unbranched alkanes of at least 4 members (excludes halogenated alkanes) is 3. The topological polar surface area (TPSA) is 20.2 Å². The standard InChI is InChI=1S/C6H14O.C2H5.ClH.Ti/c1-2-3-4-5-6-7;1-2;;/h7H,2-6H2,1H3;1H2,2H3;1H;/q;-1;;+2/p-1. The van der Waals surface area contributed by atoms with E-state index in [2.05, 4.69) is 23.2 Å². The second-order valence-electron chi connectivity index (χ2n) is 1.78. The van der Waals surface area contributed by atoms with Crippen molar-refractivity contribution in [1.82, 2.24) is 0 Å². The molecule has 0 rings (SSSR count). The average Bonchev–Trinajstić information content (AvgIpc) is 2.13. The van der Waals surface area contributed by atoms with Crippen LogP contribution in [0.15, 0.2) is 0 Å². The summed E-state index contributed by atoms with van der Waals surface area (Å²) in [7, 11) is 4.64. The molecule has 0 fully saturated rings. The Morgan fingerprint density at radius 3 is 1.91 bits per heavy atom. The first-order chi connectivity index (χ1) is 5.41. The molecule has 0 aromatic carbocycles. The molecule has 1 N–H and O–H groups in total. The van der Waals surface area contributed by atoms with E-state index in [1.54, 1.807) is 6.92 Å². The zero-order chi connectivity index (χ0) is 9.54. The van der Waals surface area contributed by atoms with E-state index in [4.69, 9.17) is 5.11 Å². The molecule has 0 atom stereocenters. The van der Waals surface area contributed by atoms with Gasteiger partial charge in [0, 0.05) is 6.61 Å². The van der Waals surface area contributed by atoms with Gasteiger partial charge in [-0.3, -0.25) is 0 Å². The Morgan fingerprint density at radius 2 is 1.64 bits per heavy atom. The molecule has 11 heavy (non-hydrogen) atoms. The number of aliphatic hydroxyl groups is 1. The van der Waals surface area contributed by atoms with Crippen LogP contribution in [-0.2, 0) is 19.4 Å². The van der Waals surface area contributed by atoms with Crippen molar-refractivity contribution >= 4 is 9.30 Å². The number of hydrogen-bond donors (Lipinski definition) is 1. The van der Waals surface area contributed by atoms with Gasteiger partial charge >= 0.3 is 28.7 Å². The maximum atomic E-state index is 8.29. The van der Waals surface area contributed by atoms with Crippen molar-refractivity contribution in [3.05, 3.63) is 6.92 Å². The van der Waals surface area contributed by atoms with Crippen molar-refractivity contribution in [2.75, 3.05) is 6.61 Å². The quantitative estimate of drug-likeness (QED) is 0.433. The predicted octanol–water partition coefficient (Wildman–Crippen LogP) is 3.09. The molecule has 0 amide bonds. The summed E-state index contributed by atoms with van der Waals surface area (Å²) in [6, 6.07) is 0. The fourth-order valence-corrected chi connectivity index (χ4v) is 0.539. The van der Waals surface area contributed by atoms with Gasteiger partial charge in [-0.05, 0) is 6.42 Å². The Labute approximate surface area is 86.8 Å². The predicted molar refractivity (Wildman–Crippen MR) is 48.1 cm³/mol. The first-order valence-electron chi connectivity index (χ1n) is 3.92. The van der Waals surface area contributed by atoms with Crippen molar-refractivity contribution in [2.24, 2.45) is 0 Å². The van der Waals surface area contributed by atoms with Crippen LogP contribution in [0.25, 0.3) is 0 Å². The Morgan fingerprint density at radius 1 is 1.18 bits per heavy atom. The summed E-state index contributed by atoms with van der Waals surface area (Å²) in [5.74, 6) is 0. The molecule has 0 aromatic heterocycles. The first-order valence-corrected chi connectivity index (χ1v) is 6.07. The van der Waals surface area contributed by atoms with Crippen LogP contribution in [0.4, 0.5) is 0 Å². The molecule has 0 radical (unpaired) electrons. The van der Waals surface area contributed by atoms with Crippen LogP contribution < -0.4 is 0 Å². The maximum absolute atomic E-state index is 8.29. The molecule has 0 saturated heterocycles. The summed E-state index contributed by atoms with van der Waals surface area (Å²) < 4.78 is 0. The first kappa shape index (κ1) is 17.9. The van der Waals surface area contributed by atoms with Crippen molar-refractivity contribution in [3.63, 3.8) is 0 Å². The van der Waals surface area contributed by atoms with Gasteiger partial charge in [0.15, 0.2) is 0 Å². The molecular weight excluding hydrogens is 195 g/mol. The molecule has 0 heterocycles. The number of aliphatic hydroxyl groups excluding tert-OH is 1. The molecule has 3 heteroatoms. The monoisotopic (exact) mass is 214 g/mol. The van der Waals surface area contributed by atoms with E-state index in [0.717, 1.165) is 6.42 Å². The van der Waals surface area contributed by atoms with Gasteiger partial charge in [-0.15, -0.1) is 0 Å². The molecule has 0 spiro atoms. The van der Waals surface area contributed by atoms with Crippen molar-refractivity contribution < 1.29 is 24.5 Å². The van der Waals surface area contributed by atoms with E-state index in [-0.39, 0.29) is 0 Å². The molecule has 68 valence electrons. The van der Waals surface area contributed by atoms with Gasteiger partial charge in [0.2, 0.25) is 0 Å². The molecular formula is C8H19ClOTi. The Kier molecular flexibility index (Phi) is 49.8. The van der Waals surface area contributed by atoms with E-state index in [9.17, 15) is 0 Å². The van der Waals surface area contributed by atoms with Gasteiger partial charge in [0.25, 0.3) is 0 Å². The third-order valence-corrected chi connectivity index (χ3v) is 1.01. The van der Waals surface area contributed by atoms with Crippen LogP contribution in [0.2, 0.25) is 0 Å². The molecule has 0 saturated carbocycles.